The summed E-state index contributed by atoms with van der Waals surface area (Å²) < 4.78 is 22.5. The molecule has 0 aliphatic heterocycles. The van der Waals surface area contributed by atoms with Crippen molar-refractivity contribution in [3.8, 4) is 23.0 Å². The van der Waals surface area contributed by atoms with Gasteiger partial charge in [-0.1, -0.05) is 24.3 Å². The first-order valence-corrected chi connectivity index (χ1v) is 10.9. The summed E-state index contributed by atoms with van der Waals surface area (Å²) >= 11 is 0. The fourth-order valence-corrected chi connectivity index (χ4v) is 3.92. The van der Waals surface area contributed by atoms with E-state index in [0.717, 1.165) is 0 Å². The van der Waals surface area contributed by atoms with Gasteiger partial charge in [0, 0.05) is 23.3 Å². The van der Waals surface area contributed by atoms with Crippen LogP contribution in [0.4, 0.5) is 0 Å². The van der Waals surface area contributed by atoms with Crippen molar-refractivity contribution in [2.24, 2.45) is 0 Å². The largest absolute Gasteiger partial charge is 0.507 e. The van der Waals surface area contributed by atoms with Crippen molar-refractivity contribution in [3.05, 3.63) is 57.8 Å². The normalized spacial score (nSPS) is 13.7. The van der Waals surface area contributed by atoms with Crippen molar-refractivity contribution < 1.29 is 33.9 Å². The van der Waals surface area contributed by atoms with E-state index in [1.165, 1.54) is 21.3 Å². The van der Waals surface area contributed by atoms with E-state index in [0.29, 0.717) is 28.4 Å². The quantitative estimate of drug-likeness (QED) is 0.320. The molecule has 3 N–H and O–H groups in total. The average Bonchev–Trinajstić information content (AvgIpc) is 2.78. The predicted octanol–water partition coefficient (Wildman–Crippen LogP) is 3.64. The molecule has 0 aliphatic carbocycles. The van der Waals surface area contributed by atoms with Gasteiger partial charge in [-0.2, -0.15) is 0 Å². The Labute approximate surface area is 197 Å². The van der Waals surface area contributed by atoms with E-state index in [1.807, 2.05) is 0 Å². The lowest BCUT2D eigenvalue weighted by molar-refractivity contribution is 0.243. The number of ether oxygens (including phenoxy) is 3. The first-order chi connectivity index (χ1) is 16.2. The standard InChI is InChI=1S/C26H30O8/c1-14(27)8-6-10-16-18(31-3)12-20-23(24(16)29)25(30)22-17(11-7-9-15(2)28)26(33-5)21(32-4)13-19(22)34-20/h6-9,12-15,27-29H,10-11H2,1-5H3/b8-6+,9-7+. The van der Waals surface area contributed by atoms with Crippen molar-refractivity contribution in [1.82, 2.24) is 0 Å². The maximum atomic E-state index is 13.7. The number of fused-ring (bicyclic) bond motifs is 2. The number of hydrogen-bond acceptors (Lipinski definition) is 8. The molecule has 0 saturated heterocycles. The monoisotopic (exact) mass is 470 g/mol. The Morgan fingerprint density at radius 2 is 1.38 bits per heavy atom. The average molecular weight is 471 g/mol. The number of aliphatic hydroxyl groups is 2. The second-order valence-corrected chi connectivity index (χ2v) is 7.92. The minimum Gasteiger partial charge on any atom is -0.507 e. The topological polar surface area (TPSA) is 119 Å². The van der Waals surface area contributed by atoms with E-state index < -0.39 is 17.6 Å². The fourth-order valence-electron chi connectivity index (χ4n) is 3.92. The van der Waals surface area contributed by atoms with Gasteiger partial charge in [0.05, 0.1) is 38.9 Å². The molecule has 1 heterocycles. The zero-order chi connectivity index (χ0) is 25.0. The number of rotatable bonds is 9. The zero-order valence-corrected chi connectivity index (χ0v) is 19.9. The molecule has 2 atom stereocenters. The number of phenols is 1. The van der Waals surface area contributed by atoms with Crippen LogP contribution in [0.1, 0.15) is 25.0 Å². The summed E-state index contributed by atoms with van der Waals surface area (Å²) in [7, 11) is 4.42. The maximum Gasteiger partial charge on any atom is 0.204 e. The lowest BCUT2D eigenvalue weighted by Gasteiger charge is -2.16. The van der Waals surface area contributed by atoms with Crippen LogP contribution in [0.3, 0.4) is 0 Å². The van der Waals surface area contributed by atoms with Gasteiger partial charge in [0.2, 0.25) is 5.43 Å². The molecule has 182 valence electrons. The molecule has 0 radical (unpaired) electrons. The molecule has 0 bridgehead atoms. The van der Waals surface area contributed by atoms with E-state index in [4.69, 9.17) is 18.6 Å². The summed E-state index contributed by atoms with van der Waals surface area (Å²) in [5.41, 5.74) is 0.898. The molecule has 0 spiro atoms. The van der Waals surface area contributed by atoms with Crippen LogP contribution < -0.4 is 19.6 Å². The van der Waals surface area contributed by atoms with Gasteiger partial charge in [0.1, 0.15) is 28.1 Å². The summed E-state index contributed by atoms with van der Waals surface area (Å²) in [6.07, 6.45) is 5.79. The highest BCUT2D eigenvalue weighted by Gasteiger charge is 2.23. The number of methoxy groups -OCH3 is 3. The zero-order valence-electron chi connectivity index (χ0n) is 19.9. The van der Waals surface area contributed by atoms with Gasteiger partial charge in [-0.25, -0.2) is 0 Å². The van der Waals surface area contributed by atoms with Crippen molar-refractivity contribution in [2.45, 2.75) is 38.9 Å². The third-order valence-electron chi connectivity index (χ3n) is 5.43. The Morgan fingerprint density at radius 3 is 1.91 bits per heavy atom. The first-order valence-electron chi connectivity index (χ1n) is 10.9. The third-order valence-corrected chi connectivity index (χ3v) is 5.43. The number of allylic oxidation sites excluding steroid dienone is 2. The van der Waals surface area contributed by atoms with Crippen LogP contribution in [0.2, 0.25) is 0 Å². The lowest BCUT2D eigenvalue weighted by Crippen LogP contribution is -2.09. The van der Waals surface area contributed by atoms with Gasteiger partial charge in [0.25, 0.3) is 0 Å². The van der Waals surface area contributed by atoms with E-state index >= 15 is 0 Å². The van der Waals surface area contributed by atoms with Crippen LogP contribution in [-0.4, -0.2) is 48.9 Å². The Hall–Kier alpha value is -3.49. The Balaban J connectivity index is 2.38. The molecule has 2 aromatic carbocycles. The molecule has 2 unspecified atom stereocenters. The number of benzene rings is 2. The fraction of sp³-hybridized carbons (Fsp3) is 0.346. The van der Waals surface area contributed by atoms with Gasteiger partial charge in [-0.3, -0.25) is 4.79 Å². The second kappa shape index (κ2) is 10.6. The van der Waals surface area contributed by atoms with Crippen LogP contribution in [0.25, 0.3) is 21.9 Å². The molecule has 34 heavy (non-hydrogen) atoms. The third kappa shape index (κ3) is 4.88. The van der Waals surface area contributed by atoms with Crippen LogP contribution in [0, 0.1) is 0 Å². The number of aromatic hydroxyl groups is 1. The van der Waals surface area contributed by atoms with E-state index in [2.05, 4.69) is 0 Å². The minimum atomic E-state index is -0.658. The summed E-state index contributed by atoms with van der Waals surface area (Å²) in [5, 5.41) is 30.5. The maximum absolute atomic E-state index is 13.7. The van der Waals surface area contributed by atoms with E-state index in [-0.39, 0.29) is 40.5 Å². The SMILES string of the molecule is COc1cc2oc3cc(OC)c(OC)c(C/C=C/C(C)O)c3c(=O)c2c(O)c1C/C=C/C(C)O. The van der Waals surface area contributed by atoms with Crippen LogP contribution in [0.15, 0.2) is 45.6 Å². The number of phenolic OH excluding ortho intramolecular Hbond substituents is 1. The van der Waals surface area contributed by atoms with Crippen LogP contribution >= 0.6 is 0 Å². The summed E-state index contributed by atoms with van der Waals surface area (Å²) in [6, 6.07) is 3.13. The molecule has 1 aromatic heterocycles. The Kier molecular flexibility index (Phi) is 7.86. The molecule has 8 heteroatoms. The van der Waals surface area contributed by atoms with E-state index in [9.17, 15) is 20.1 Å². The first kappa shape index (κ1) is 25.1. The highest BCUT2D eigenvalue weighted by molar-refractivity contribution is 5.97. The highest BCUT2D eigenvalue weighted by Crippen LogP contribution is 2.41. The molecule has 0 aliphatic rings. The Bertz CT molecular complexity index is 1300. The number of aliphatic hydroxyl groups excluding tert-OH is 2. The van der Waals surface area contributed by atoms with Crippen LogP contribution in [0.5, 0.6) is 23.0 Å². The summed E-state index contributed by atoms with van der Waals surface area (Å²) in [4.78, 5) is 13.7. The molecule has 8 nitrogen and oxygen atoms in total. The van der Waals surface area contributed by atoms with Gasteiger partial charge in [-0.15, -0.1) is 0 Å². The number of hydrogen-bond donors (Lipinski definition) is 3. The van der Waals surface area contributed by atoms with Crippen molar-refractivity contribution >= 4 is 21.9 Å². The predicted molar refractivity (Wildman–Crippen MR) is 130 cm³/mol. The van der Waals surface area contributed by atoms with Crippen molar-refractivity contribution in [2.75, 3.05) is 21.3 Å². The molecule has 3 aromatic rings. The molecule has 0 saturated carbocycles. The van der Waals surface area contributed by atoms with Gasteiger partial charge >= 0.3 is 0 Å². The smallest absolute Gasteiger partial charge is 0.204 e. The lowest BCUT2D eigenvalue weighted by atomic mass is 9.99. The van der Waals surface area contributed by atoms with Crippen LogP contribution in [-0.2, 0) is 12.8 Å². The molecular weight excluding hydrogens is 440 g/mol. The second-order valence-electron chi connectivity index (χ2n) is 7.92. The molecule has 3 rings (SSSR count). The van der Waals surface area contributed by atoms with Gasteiger partial charge in [-0.05, 0) is 26.7 Å². The van der Waals surface area contributed by atoms with Gasteiger partial charge in [0.15, 0.2) is 11.5 Å². The molecule has 0 fully saturated rings. The highest BCUT2D eigenvalue weighted by atomic mass is 16.5. The van der Waals surface area contributed by atoms with Crippen molar-refractivity contribution in [3.63, 3.8) is 0 Å². The van der Waals surface area contributed by atoms with Gasteiger partial charge < -0.3 is 33.9 Å². The molecular formula is C26H30O8. The Morgan fingerprint density at radius 1 is 0.853 bits per heavy atom. The van der Waals surface area contributed by atoms with Crippen molar-refractivity contribution in [1.29, 1.82) is 0 Å². The summed E-state index contributed by atoms with van der Waals surface area (Å²) in [6.45, 7) is 3.24. The molecule has 0 amide bonds. The summed E-state index contributed by atoms with van der Waals surface area (Å²) in [5.74, 6) is 0.850. The minimum absolute atomic E-state index is 0.0155. The van der Waals surface area contributed by atoms with E-state index in [1.54, 1.807) is 50.3 Å².